The lowest BCUT2D eigenvalue weighted by Gasteiger charge is -2.02. The van der Waals surface area contributed by atoms with E-state index in [9.17, 15) is 0 Å². The summed E-state index contributed by atoms with van der Waals surface area (Å²) in [5, 5.41) is 3.72. The molecule has 0 bridgehead atoms. The average Bonchev–Trinajstić information content (AvgIpc) is 2.75. The maximum atomic E-state index is 5.25. The van der Waals surface area contributed by atoms with Crippen LogP contribution in [0.15, 0.2) is 35.7 Å². The Labute approximate surface area is 98.7 Å². The first kappa shape index (κ1) is 11.0. The summed E-state index contributed by atoms with van der Waals surface area (Å²) >= 11 is 0. The quantitative estimate of drug-likeness (QED) is 0.358. The van der Waals surface area contributed by atoms with Gasteiger partial charge in [0.2, 0.25) is 5.96 Å². The fourth-order valence-electron chi connectivity index (χ4n) is 1.43. The number of nitrogens with two attached hydrogens (primary N) is 2. The minimum absolute atomic E-state index is 0.0329. The number of hydrazone groups is 1. The number of aromatic nitrogens is 2. The number of guanidine groups is 1. The van der Waals surface area contributed by atoms with Gasteiger partial charge in [-0.05, 0) is 6.92 Å². The van der Waals surface area contributed by atoms with E-state index in [0.717, 1.165) is 11.3 Å². The van der Waals surface area contributed by atoms with Gasteiger partial charge in [-0.2, -0.15) is 0 Å². The molecule has 1 heterocycles. The lowest BCUT2D eigenvalue weighted by atomic mass is 10.1. The number of anilines is 1. The highest BCUT2D eigenvalue weighted by Gasteiger charge is 2.07. The number of hydrogen-bond donors (Lipinski definition) is 4. The van der Waals surface area contributed by atoms with Crippen LogP contribution in [-0.2, 0) is 0 Å². The first-order valence-electron chi connectivity index (χ1n) is 5.12. The molecule has 0 saturated carbocycles. The van der Waals surface area contributed by atoms with Gasteiger partial charge in [-0.1, -0.05) is 29.8 Å². The van der Waals surface area contributed by atoms with Crippen molar-refractivity contribution in [1.29, 1.82) is 0 Å². The topological polar surface area (TPSA) is 105 Å². The molecule has 2 aromatic rings. The fourth-order valence-corrected chi connectivity index (χ4v) is 1.43. The number of H-pyrrole nitrogens is 1. The number of nitrogens with one attached hydrogen (secondary N) is 2. The van der Waals surface area contributed by atoms with E-state index in [-0.39, 0.29) is 5.96 Å². The maximum Gasteiger partial charge on any atom is 0.208 e. The predicted octanol–water partition coefficient (Wildman–Crippen LogP) is 0.985. The standard InChI is InChI=1S/C11H14N6/c1-7-2-4-8(5-3-7)9-10(15-6-14-9)16-17-11(12)13/h2-6,16H,1H3,(H,14,15)(H4,12,13,17). The SMILES string of the molecule is Cc1ccc(-c2nc[nH]c2NN=C(N)N)cc1. The maximum absolute atomic E-state index is 5.25. The largest absolute Gasteiger partial charge is 0.369 e. The van der Waals surface area contributed by atoms with Crippen molar-refractivity contribution >= 4 is 11.8 Å². The molecule has 1 aromatic heterocycles. The van der Waals surface area contributed by atoms with Gasteiger partial charge in [0.05, 0.1) is 6.33 Å². The van der Waals surface area contributed by atoms with Crippen molar-refractivity contribution in [2.75, 3.05) is 5.43 Å². The Morgan fingerprint density at radius 1 is 1.29 bits per heavy atom. The van der Waals surface area contributed by atoms with E-state index in [1.54, 1.807) is 6.33 Å². The predicted molar refractivity (Wildman–Crippen MR) is 68.2 cm³/mol. The third-order valence-corrected chi connectivity index (χ3v) is 2.26. The highest BCUT2D eigenvalue weighted by molar-refractivity contribution is 5.78. The Bertz CT molecular complexity index is 521. The van der Waals surface area contributed by atoms with Crippen molar-refractivity contribution in [3.05, 3.63) is 36.2 Å². The van der Waals surface area contributed by atoms with Crippen LogP contribution in [0.5, 0.6) is 0 Å². The molecular weight excluding hydrogens is 216 g/mol. The van der Waals surface area contributed by atoms with E-state index >= 15 is 0 Å². The van der Waals surface area contributed by atoms with Crippen LogP contribution in [0.2, 0.25) is 0 Å². The van der Waals surface area contributed by atoms with Gasteiger partial charge in [-0.15, -0.1) is 5.10 Å². The van der Waals surface area contributed by atoms with Crippen LogP contribution in [0.25, 0.3) is 11.3 Å². The van der Waals surface area contributed by atoms with Gasteiger partial charge in [0.15, 0.2) is 5.82 Å². The number of hydrogen-bond acceptors (Lipinski definition) is 3. The summed E-state index contributed by atoms with van der Waals surface area (Å²) in [7, 11) is 0. The zero-order valence-corrected chi connectivity index (χ0v) is 9.44. The first-order valence-corrected chi connectivity index (χ1v) is 5.12. The molecule has 2 rings (SSSR count). The Kier molecular flexibility index (Phi) is 2.95. The molecule has 0 aliphatic carbocycles. The fraction of sp³-hybridized carbons (Fsp3) is 0.0909. The molecule has 0 saturated heterocycles. The van der Waals surface area contributed by atoms with Crippen molar-refractivity contribution in [3.8, 4) is 11.3 Å². The number of imidazole rings is 1. The van der Waals surface area contributed by atoms with E-state index in [4.69, 9.17) is 11.5 Å². The number of benzene rings is 1. The third kappa shape index (κ3) is 2.54. The van der Waals surface area contributed by atoms with Crippen LogP contribution in [-0.4, -0.2) is 15.9 Å². The lowest BCUT2D eigenvalue weighted by Crippen LogP contribution is -2.24. The molecule has 0 fully saturated rings. The van der Waals surface area contributed by atoms with Crippen molar-refractivity contribution < 1.29 is 0 Å². The molecule has 6 nitrogen and oxygen atoms in total. The average molecular weight is 230 g/mol. The summed E-state index contributed by atoms with van der Waals surface area (Å²) in [6.45, 7) is 2.03. The number of aryl methyl sites for hydroxylation is 1. The molecule has 0 atom stereocenters. The summed E-state index contributed by atoms with van der Waals surface area (Å²) in [4.78, 5) is 7.16. The summed E-state index contributed by atoms with van der Waals surface area (Å²) in [6, 6.07) is 8.03. The molecule has 88 valence electrons. The van der Waals surface area contributed by atoms with E-state index in [0.29, 0.717) is 5.82 Å². The zero-order chi connectivity index (χ0) is 12.3. The van der Waals surface area contributed by atoms with Crippen molar-refractivity contribution in [3.63, 3.8) is 0 Å². The van der Waals surface area contributed by atoms with E-state index in [1.165, 1.54) is 5.56 Å². The van der Waals surface area contributed by atoms with Gasteiger partial charge in [-0.3, -0.25) is 5.43 Å². The van der Waals surface area contributed by atoms with Crippen LogP contribution < -0.4 is 16.9 Å². The molecule has 1 aromatic carbocycles. The monoisotopic (exact) mass is 230 g/mol. The zero-order valence-electron chi connectivity index (χ0n) is 9.44. The summed E-state index contributed by atoms with van der Waals surface area (Å²) in [6.07, 6.45) is 1.58. The van der Waals surface area contributed by atoms with E-state index in [1.807, 2.05) is 31.2 Å². The Morgan fingerprint density at radius 2 is 2.00 bits per heavy atom. The van der Waals surface area contributed by atoms with Crippen LogP contribution in [0.4, 0.5) is 5.82 Å². The van der Waals surface area contributed by atoms with Crippen LogP contribution in [0, 0.1) is 6.92 Å². The van der Waals surface area contributed by atoms with Crippen LogP contribution >= 0.6 is 0 Å². The second-order valence-corrected chi connectivity index (χ2v) is 3.64. The molecule has 0 spiro atoms. The molecule has 0 amide bonds. The molecule has 0 unspecified atom stereocenters. The minimum atomic E-state index is -0.0329. The van der Waals surface area contributed by atoms with Gasteiger partial charge < -0.3 is 16.5 Å². The van der Waals surface area contributed by atoms with Gasteiger partial charge in [0.1, 0.15) is 5.69 Å². The van der Waals surface area contributed by atoms with Crippen molar-refractivity contribution in [2.24, 2.45) is 16.6 Å². The van der Waals surface area contributed by atoms with Gasteiger partial charge in [0.25, 0.3) is 0 Å². The highest BCUT2D eigenvalue weighted by Crippen LogP contribution is 2.24. The Hall–Kier alpha value is -2.50. The van der Waals surface area contributed by atoms with Gasteiger partial charge >= 0.3 is 0 Å². The summed E-state index contributed by atoms with van der Waals surface area (Å²) in [5.41, 5.74) is 16.2. The number of nitrogens with zero attached hydrogens (tertiary/aromatic N) is 2. The van der Waals surface area contributed by atoms with Crippen LogP contribution in [0.1, 0.15) is 5.56 Å². The first-order chi connectivity index (χ1) is 8.16. The molecule has 17 heavy (non-hydrogen) atoms. The van der Waals surface area contributed by atoms with Crippen molar-refractivity contribution in [2.45, 2.75) is 6.92 Å². The van der Waals surface area contributed by atoms with E-state index < -0.39 is 0 Å². The van der Waals surface area contributed by atoms with Gasteiger partial charge in [0, 0.05) is 5.56 Å². The molecule has 6 N–H and O–H groups in total. The third-order valence-electron chi connectivity index (χ3n) is 2.26. The lowest BCUT2D eigenvalue weighted by molar-refractivity contribution is 1.23. The minimum Gasteiger partial charge on any atom is -0.369 e. The van der Waals surface area contributed by atoms with Crippen LogP contribution in [0.3, 0.4) is 0 Å². The summed E-state index contributed by atoms with van der Waals surface area (Å²) in [5.74, 6) is 0.622. The molecular formula is C11H14N6. The molecule has 0 radical (unpaired) electrons. The van der Waals surface area contributed by atoms with E-state index in [2.05, 4.69) is 20.5 Å². The second kappa shape index (κ2) is 4.56. The molecule has 0 aliphatic rings. The van der Waals surface area contributed by atoms with Crippen molar-refractivity contribution in [1.82, 2.24) is 9.97 Å². The van der Waals surface area contributed by atoms with Gasteiger partial charge in [-0.25, -0.2) is 4.98 Å². The smallest absolute Gasteiger partial charge is 0.208 e. The number of rotatable bonds is 3. The Balaban J connectivity index is 2.30. The number of aromatic amines is 1. The summed E-state index contributed by atoms with van der Waals surface area (Å²) < 4.78 is 0. The molecule has 0 aliphatic heterocycles. The normalized spacial score (nSPS) is 9.94. The highest BCUT2D eigenvalue weighted by atomic mass is 15.4. The Morgan fingerprint density at radius 3 is 2.65 bits per heavy atom. The molecule has 6 heteroatoms. The second-order valence-electron chi connectivity index (χ2n) is 3.64.